The van der Waals surface area contributed by atoms with Crippen LogP contribution in [-0.4, -0.2) is 111 Å². The number of likely N-dealkylation sites (tertiary alicyclic amines) is 2. The number of halogens is 1. The van der Waals surface area contributed by atoms with Gasteiger partial charge in [0.05, 0.1) is 31.6 Å². The van der Waals surface area contributed by atoms with Gasteiger partial charge in [-0.05, 0) is 55.1 Å². The smallest absolute Gasteiger partial charge is 0.236 e. The van der Waals surface area contributed by atoms with E-state index in [4.69, 9.17) is 14.7 Å². The van der Waals surface area contributed by atoms with E-state index in [9.17, 15) is 19.6 Å². The lowest BCUT2D eigenvalue weighted by Crippen LogP contribution is -2.56. The molecule has 2 saturated heterocycles. The molecule has 0 bridgehead atoms. The Labute approximate surface area is 292 Å². The number of rotatable bonds is 12. The maximum atomic E-state index is 13.7. The molecule has 256 valence electrons. The van der Waals surface area contributed by atoms with Crippen LogP contribution >= 0.6 is 23.1 Å². The highest BCUT2D eigenvalue weighted by Crippen LogP contribution is 2.41. The number of nitrogens with one attached hydrogen (secondary N) is 1. The van der Waals surface area contributed by atoms with Crippen LogP contribution in [0.15, 0.2) is 59.8 Å². The van der Waals surface area contributed by atoms with Crippen LogP contribution in [-0.2, 0) is 22.6 Å². The summed E-state index contributed by atoms with van der Waals surface area (Å²) in [5.41, 5.74) is 6.73. The van der Waals surface area contributed by atoms with Crippen LogP contribution in [0.25, 0.3) is 11.3 Å². The SMILES string of the molecule is CN(c1nc(-c2ccc(F)cc2)c(C#N)s1)c1c(CCOCc2ccccc2)nc2n1NC(N1CCC(N(C)CC(=O)N3CC(O)C3)C1)S2. The summed E-state index contributed by atoms with van der Waals surface area (Å²) >= 11 is 2.93. The summed E-state index contributed by atoms with van der Waals surface area (Å²) in [6.07, 6.45) is 1.10. The fraction of sp³-hybridized carbons (Fsp3) is 0.412. The second kappa shape index (κ2) is 14.4. The molecule has 15 heteroatoms. The van der Waals surface area contributed by atoms with E-state index in [2.05, 4.69) is 21.3 Å². The van der Waals surface area contributed by atoms with Gasteiger partial charge in [0, 0.05) is 51.3 Å². The second-order valence-electron chi connectivity index (χ2n) is 12.5. The van der Waals surface area contributed by atoms with Gasteiger partial charge < -0.3 is 19.6 Å². The van der Waals surface area contributed by atoms with Crippen molar-refractivity contribution in [2.75, 3.05) is 63.8 Å². The minimum atomic E-state index is -0.403. The molecule has 0 aliphatic carbocycles. The molecule has 7 rings (SSSR count). The number of amides is 1. The normalized spacial score (nSPS) is 19.1. The number of hydrogen-bond acceptors (Lipinski definition) is 12. The number of aliphatic hydroxyl groups is 1. The van der Waals surface area contributed by atoms with Crippen LogP contribution in [0.5, 0.6) is 0 Å². The summed E-state index contributed by atoms with van der Waals surface area (Å²) < 4.78 is 21.7. The Morgan fingerprint density at radius 2 is 1.92 bits per heavy atom. The minimum absolute atomic E-state index is 0.0528. The number of likely N-dealkylation sites (N-methyl/N-ethyl adjacent to an activating group) is 1. The highest BCUT2D eigenvalue weighted by atomic mass is 32.2. The van der Waals surface area contributed by atoms with E-state index in [-0.39, 0.29) is 23.3 Å². The number of thiazole rings is 1. The predicted octanol–water partition coefficient (Wildman–Crippen LogP) is 3.69. The number of thioether (sulfide) groups is 1. The Morgan fingerprint density at radius 1 is 1.14 bits per heavy atom. The zero-order valence-electron chi connectivity index (χ0n) is 27.3. The first-order valence-corrected chi connectivity index (χ1v) is 17.9. The molecule has 2 atom stereocenters. The largest absolute Gasteiger partial charge is 0.389 e. The fourth-order valence-corrected chi connectivity index (χ4v) is 8.29. The third-order valence-electron chi connectivity index (χ3n) is 9.13. The molecule has 3 aliphatic rings. The molecule has 0 spiro atoms. The van der Waals surface area contributed by atoms with Gasteiger partial charge in [-0.15, -0.1) is 0 Å². The Morgan fingerprint density at radius 3 is 2.65 bits per heavy atom. The highest BCUT2D eigenvalue weighted by molar-refractivity contribution is 8.00. The fourth-order valence-electron chi connectivity index (χ4n) is 6.33. The molecule has 5 heterocycles. The van der Waals surface area contributed by atoms with Gasteiger partial charge in [0.15, 0.2) is 16.1 Å². The number of carbonyl (C=O) groups excluding carboxylic acids is 1. The number of aromatic nitrogens is 3. The van der Waals surface area contributed by atoms with E-state index in [1.54, 1.807) is 28.8 Å². The van der Waals surface area contributed by atoms with Gasteiger partial charge in [0.1, 0.15) is 28.0 Å². The van der Waals surface area contributed by atoms with Crippen LogP contribution in [0.1, 0.15) is 22.6 Å². The quantitative estimate of drug-likeness (QED) is 0.210. The van der Waals surface area contributed by atoms with Crippen LogP contribution in [0.3, 0.4) is 0 Å². The van der Waals surface area contributed by atoms with Gasteiger partial charge in [-0.2, -0.15) is 5.26 Å². The maximum absolute atomic E-state index is 13.7. The number of anilines is 2. The van der Waals surface area contributed by atoms with Crippen molar-refractivity contribution < 1.29 is 19.0 Å². The van der Waals surface area contributed by atoms with E-state index in [1.165, 1.54) is 23.5 Å². The van der Waals surface area contributed by atoms with Crippen molar-refractivity contribution in [2.45, 2.75) is 42.2 Å². The Bertz CT molecular complexity index is 1820. The molecule has 2 aromatic heterocycles. The number of hydrogen-bond donors (Lipinski definition) is 2. The molecule has 2 fully saturated rings. The van der Waals surface area contributed by atoms with E-state index in [0.717, 1.165) is 41.7 Å². The van der Waals surface area contributed by atoms with Crippen molar-refractivity contribution in [3.05, 3.63) is 76.5 Å². The van der Waals surface area contributed by atoms with Crippen molar-refractivity contribution in [1.82, 2.24) is 29.3 Å². The molecule has 3 aliphatic heterocycles. The molecule has 2 N–H and O–H groups in total. The Kier molecular flexibility index (Phi) is 9.86. The predicted molar refractivity (Wildman–Crippen MR) is 187 cm³/mol. The zero-order valence-corrected chi connectivity index (χ0v) is 29.0. The molecular formula is C34H38FN9O3S2. The molecule has 2 unspecified atom stereocenters. The molecule has 12 nitrogen and oxygen atoms in total. The lowest BCUT2D eigenvalue weighted by Gasteiger charge is -2.37. The number of nitriles is 1. The third kappa shape index (κ3) is 7.16. The maximum Gasteiger partial charge on any atom is 0.236 e. The van der Waals surface area contributed by atoms with E-state index in [0.29, 0.717) is 60.5 Å². The second-order valence-corrected chi connectivity index (χ2v) is 14.6. The van der Waals surface area contributed by atoms with E-state index in [1.807, 2.05) is 54.0 Å². The number of aliphatic hydroxyl groups excluding tert-OH is 1. The monoisotopic (exact) mass is 703 g/mol. The Hall–Kier alpha value is -4.04. The van der Waals surface area contributed by atoms with Gasteiger partial charge in [-0.25, -0.2) is 19.0 Å². The summed E-state index contributed by atoms with van der Waals surface area (Å²) in [4.78, 5) is 31.1. The summed E-state index contributed by atoms with van der Waals surface area (Å²) in [6.45, 7) is 3.81. The topological polar surface area (TPSA) is 126 Å². The number of nitrogens with zero attached hydrogens (tertiary/aromatic N) is 8. The number of benzene rings is 2. The van der Waals surface area contributed by atoms with Gasteiger partial charge in [0.25, 0.3) is 0 Å². The van der Waals surface area contributed by atoms with Crippen molar-refractivity contribution in [3.8, 4) is 17.3 Å². The number of ether oxygens (including phenoxy) is 1. The van der Waals surface area contributed by atoms with Crippen LogP contribution < -0.4 is 10.3 Å². The van der Waals surface area contributed by atoms with Gasteiger partial charge in [-0.3, -0.25) is 20.0 Å². The van der Waals surface area contributed by atoms with Crippen LogP contribution in [0.4, 0.5) is 15.3 Å². The minimum Gasteiger partial charge on any atom is -0.389 e. The van der Waals surface area contributed by atoms with Crippen molar-refractivity contribution >= 4 is 40.0 Å². The van der Waals surface area contributed by atoms with Gasteiger partial charge in [0.2, 0.25) is 5.91 Å². The van der Waals surface area contributed by atoms with Gasteiger partial charge >= 0.3 is 0 Å². The first kappa shape index (κ1) is 33.5. The Balaban J connectivity index is 1.08. The molecule has 2 aromatic carbocycles. The first-order chi connectivity index (χ1) is 23.8. The first-order valence-electron chi connectivity index (χ1n) is 16.2. The standard InChI is InChI=1S/C34H38FN9O3S2/c1-40(20-29(46)43-18-26(45)19-43)25-12-14-42(17-25)34-39-44-31(27(37-33(44)49-34)13-15-47-21-22-6-4-3-5-7-22)41(2)32-38-30(28(16-36)48-32)23-8-10-24(35)11-9-23/h3-11,25-26,34,39,45H,12-15,17-21H2,1-2H3. The van der Waals surface area contributed by atoms with E-state index < -0.39 is 6.10 Å². The van der Waals surface area contributed by atoms with Gasteiger partial charge in [-0.1, -0.05) is 41.7 Å². The third-order valence-corrected chi connectivity index (χ3v) is 11.3. The summed E-state index contributed by atoms with van der Waals surface area (Å²) in [7, 11) is 3.91. The summed E-state index contributed by atoms with van der Waals surface area (Å²) in [5.74, 6) is 0.517. The van der Waals surface area contributed by atoms with Crippen LogP contribution in [0, 0.1) is 17.1 Å². The number of carbonyl (C=O) groups is 1. The average Bonchev–Trinajstić information content (AvgIpc) is 3.89. The number of imidazole rings is 1. The molecule has 49 heavy (non-hydrogen) atoms. The highest BCUT2D eigenvalue weighted by Gasteiger charge is 2.39. The molecule has 0 radical (unpaired) electrons. The summed E-state index contributed by atoms with van der Waals surface area (Å²) in [6, 6.07) is 18.5. The van der Waals surface area contributed by atoms with E-state index >= 15 is 0 Å². The number of fused-ring (bicyclic) bond motifs is 1. The van der Waals surface area contributed by atoms with Crippen molar-refractivity contribution in [1.29, 1.82) is 5.26 Å². The lowest BCUT2D eigenvalue weighted by molar-refractivity contribution is -0.142. The lowest BCUT2D eigenvalue weighted by atomic mass is 10.1. The molecule has 1 amide bonds. The average molecular weight is 704 g/mol. The molecular weight excluding hydrogens is 666 g/mol. The van der Waals surface area contributed by atoms with Crippen molar-refractivity contribution in [2.24, 2.45) is 0 Å². The summed E-state index contributed by atoms with van der Waals surface area (Å²) in [5, 5.41) is 21.0. The number of β-amino-alcohol motifs (C(OH)–C–C–N with tert-alkyl or cyclic N) is 1. The van der Waals surface area contributed by atoms with Crippen molar-refractivity contribution in [3.63, 3.8) is 0 Å². The zero-order chi connectivity index (χ0) is 34.1. The molecule has 4 aromatic rings. The van der Waals surface area contributed by atoms with Crippen LogP contribution in [0.2, 0.25) is 0 Å². The molecule has 0 saturated carbocycles.